The fourth-order valence-electron chi connectivity index (χ4n) is 3.34. The molecule has 0 spiro atoms. The molecule has 2 rings (SSSR count). The first-order valence-corrected chi connectivity index (χ1v) is 8.33. The molecule has 2 nitrogen and oxygen atoms in total. The average Bonchev–Trinajstić information content (AvgIpc) is 2.46. The normalized spacial score (nSPS) is 25.0. The Morgan fingerprint density at radius 2 is 2.14 bits per heavy atom. The molecule has 0 radical (unpaired) electrons. The van der Waals surface area contributed by atoms with Gasteiger partial charge in [0.25, 0.3) is 0 Å². The summed E-state index contributed by atoms with van der Waals surface area (Å²) in [6, 6.07) is 7.93. The SMILES string of the molecule is CCNC(CCN1CC(C)CCC1C)c1cccc(F)c1. The molecule has 0 saturated carbocycles. The van der Waals surface area contributed by atoms with Crippen molar-refractivity contribution < 1.29 is 4.39 Å². The van der Waals surface area contributed by atoms with Crippen LogP contribution in [0.5, 0.6) is 0 Å². The molecule has 1 saturated heterocycles. The van der Waals surface area contributed by atoms with Crippen LogP contribution in [-0.4, -0.2) is 30.6 Å². The van der Waals surface area contributed by atoms with Crippen molar-refractivity contribution in [1.82, 2.24) is 10.2 Å². The van der Waals surface area contributed by atoms with E-state index in [1.807, 2.05) is 6.07 Å². The Balaban J connectivity index is 1.96. The number of benzene rings is 1. The quantitative estimate of drug-likeness (QED) is 0.853. The van der Waals surface area contributed by atoms with E-state index in [0.717, 1.165) is 31.0 Å². The van der Waals surface area contributed by atoms with E-state index in [0.29, 0.717) is 6.04 Å². The second kappa shape index (κ2) is 7.90. The lowest BCUT2D eigenvalue weighted by Crippen LogP contribution is -2.42. The highest BCUT2D eigenvalue weighted by molar-refractivity contribution is 5.20. The number of rotatable bonds is 6. The molecular weight excluding hydrogens is 263 g/mol. The summed E-state index contributed by atoms with van der Waals surface area (Å²) < 4.78 is 13.4. The van der Waals surface area contributed by atoms with Crippen LogP contribution in [0.1, 0.15) is 51.6 Å². The van der Waals surface area contributed by atoms with Crippen LogP contribution < -0.4 is 5.32 Å². The third kappa shape index (κ3) is 4.79. The molecule has 1 aromatic carbocycles. The van der Waals surface area contributed by atoms with E-state index >= 15 is 0 Å². The summed E-state index contributed by atoms with van der Waals surface area (Å²) in [6.07, 6.45) is 3.68. The van der Waals surface area contributed by atoms with E-state index < -0.39 is 0 Å². The topological polar surface area (TPSA) is 15.3 Å². The molecule has 0 amide bonds. The molecule has 3 atom stereocenters. The highest BCUT2D eigenvalue weighted by Crippen LogP contribution is 2.24. The van der Waals surface area contributed by atoms with E-state index in [9.17, 15) is 4.39 Å². The fourth-order valence-corrected chi connectivity index (χ4v) is 3.34. The summed E-state index contributed by atoms with van der Waals surface area (Å²) in [5, 5.41) is 3.50. The summed E-state index contributed by atoms with van der Waals surface area (Å²) in [5.41, 5.74) is 1.06. The molecule has 1 aromatic rings. The van der Waals surface area contributed by atoms with Gasteiger partial charge in [0.15, 0.2) is 0 Å². The van der Waals surface area contributed by atoms with Crippen LogP contribution in [0.2, 0.25) is 0 Å². The Morgan fingerprint density at radius 1 is 1.33 bits per heavy atom. The zero-order chi connectivity index (χ0) is 15.2. The second-order valence-corrected chi connectivity index (χ2v) is 6.48. The summed E-state index contributed by atoms with van der Waals surface area (Å²) in [4.78, 5) is 2.60. The van der Waals surface area contributed by atoms with Gasteiger partial charge in [0, 0.05) is 25.2 Å². The van der Waals surface area contributed by atoms with Gasteiger partial charge in [-0.25, -0.2) is 4.39 Å². The molecule has 118 valence electrons. The van der Waals surface area contributed by atoms with Crippen molar-refractivity contribution in [3.63, 3.8) is 0 Å². The van der Waals surface area contributed by atoms with Crippen LogP contribution in [0, 0.1) is 11.7 Å². The van der Waals surface area contributed by atoms with Crippen molar-refractivity contribution in [1.29, 1.82) is 0 Å². The lowest BCUT2D eigenvalue weighted by molar-refractivity contribution is 0.119. The van der Waals surface area contributed by atoms with E-state index in [-0.39, 0.29) is 11.9 Å². The molecule has 21 heavy (non-hydrogen) atoms. The number of hydrogen-bond donors (Lipinski definition) is 1. The zero-order valence-corrected chi connectivity index (χ0v) is 13.6. The van der Waals surface area contributed by atoms with Crippen LogP contribution in [-0.2, 0) is 0 Å². The molecule has 0 aliphatic carbocycles. The molecule has 1 N–H and O–H groups in total. The minimum absolute atomic E-state index is 0.143. The summed E-state index contributed by atoms with van der Waals surface area (Å²) in [7, 11) is 0. The van der Waals surface area contributed by atoms with E-state index in [1.165, 1.54) is 25.5 Å². The van der Waals surface area contributed by atoms with Gasteiger partial charge < -0.3 is 10.2 Å². The van der Waals surface area contributed by atoms with Crippen LogP contribution in [0.3, 0.4) is 0 Å². The zero-order valence-electron chi connectivity index (χ0n) is 13.6. The number of hydrogen-bond acceptors (Lipinski definition) is 2. The van der Waals surface area contributed by atoms with Crippen molar-refractivity contribution in [2.75, 3.05) is 19.6 Å². The van der Waals surface area contributed by atoms with Gasteiger partial charge in [0.1, 0.15) is 5.82 Å². The average molecular weight is 292 g/mol. The van der Waals surface area contributed by atoms with Gasteiger partial charge in [-0.2, -0.15) is 0 Å². The predicted molar refractivity (Wildman–Crippen MR) is 86.9 cm³/mol. The van der Waals surface area contributed by atoms with Crippen LogP contribution in [0.4, 0.5) is 4.39 Å². The minimum Gasteiger partial charge on any atom is -0.310 e. The predicted octanol–water partition coefficient (Wildman–Crippen LogP) is 3.99. The fraction of sp³-hybridized carbons (Fsp3) is 0.667. The Hall–Kier alpha value is -0.930. The van der Waals surface area contributed by atoms with E-state index in [4.69, 9.17) is 0 Å². The molecule has 1 aliphatic heterocycles. The number of likely N-dealkylation sites (tertiary alicyclic amines) is 1. The highest BCUT2D eigenvalue weighted by Gasteiger charge is 2.23. The van der Waals surface area contributed by atoms with Gasteiger partial charge in [0.2, 0.25) is 0 Å². The maximum Gasteiger partial charge on any atom is 0.123 e. The van der Waals surface area contributed by atoms with Gasteiger partial charge >= 0.3 is 0 Å². The first-order valence-electron chi connectivity index (χ1n) is 8.33. The monoisotopic (exact) mass is 292 g/mol. The molecule has 3 heteroatoms. The Morgan fingerprint density at radius 3 is 2.86 bits per heavy atom. The Labute approximate surface area is 128 Å². The molecule has 0 aromatic heterocycles. The van der Waals surface area contributed by atoms with Crippen LogP contribution >= 0.6 is 0 Å². The summed E-state index contributed by atoms with van der Waals surface area (Å²) in [5.74, 6) is 0.656. The number of piperidine rings is 1. The highest BCUT2D eigenvalue weighted by atomic mass is 19.1. The van der Waals surface area contributed by atoms with Gasteiger partial charge in [-0.15, -0.1) is 0 Å². The van der Waals surface area contributed by atoms with Crippen molar-refractivity contribution >= 4 is 0 Å². The lowest BCUT2D eigenvalue weighted by Gasteiger charge is -2.37. The molecule has 1 heterocycles. The van der Waals surface area contributed by atoms with Crippen molar-refractivity contribution in [3.8, 4) is 0 Å². The van der Waals surface area contributed by atoms with E-state index in [2.05, 4.69) is 31.0 Å². The molecule has 3 unspecified atom stereocenters. The summed E-state index contributed by atoms with van der Waals surface area (Å²) >= 11 is 0. The Bertz CT molecular complexity index is 435. The smallest absolute Gasteiger partial charge is 0.123 e. The molecule has 0 bridgehead atoms. The van der Waals surface area contributed by atoms with E-state index in [1.54, 1.807) is 12.1 Å². The first kappa shape index (κ1) is 16.4. The van der Waals surface area contributed by atoms with Crippen molar-refractivity contribution in [2.45, 2.75) is 52.1 Å². The van der Waals surface area contributed by atoms with Crippen LogP contribution in [0.25, 0.3) is 0 Å². The van der Waals surface area contributed by atoms with Gasteiger partial charge in [0.05, 0.1) is 0 Å². The number of nitrogens with one attached hydrogen (secondary N) is 1. The second-order valence-electron chi connectivity index (χ2n) is 6.48. The molecular formula is C18H29FN2. The lowest BCUT2D eigenvalue weighted by atomic mass is 9.94. The largest absolute Gasteiger partial charge is 0.310 e. The van der Waals surface area contributed by atoms with Crippen molar-refractivity contribution in [3.05, 3.63) is 35.6 Å². The Kier molecular flexibility index (Phi) is 6.19. The van der Waals surface area contributed by atoms with Crippen LogP contribution in [0.15, 0.2) is 24.3 Å². The third-order valence-corrected chi connectivity index (χ3v) is 4.65. The van der Waals surface area contributed by atoms with Gasteiger partial charge in [-0.1, -0.05) is 26.0 Å². The minimum atomic E-state index is -0.143. The number of nitrogens with zero attached hydrogens (tertiary/aromatic N) is 1. The summed E-state index contributed by atoms with van der Waals surface area (Å²) in [6.45, 7) is 9.97. The van der Waals surface area contributed by atoms with Crippen molar-refractivity contribution in [2.24, 2.45) is 5.92 Å². The molecule has 1 aliphatic rings. The maximum absolute atomic E-state index is 13.4. The first-order chi connectivity index (χ1) is 10.1. The standard InChI is InChI=1S/C18H29FN2/c1-4-20-18(16-6-5-7-17(19)12-16)10-11-21-13-14(2)8-9-15(21)3/h5-7,12,14-15,18,20H,4,8-11,13H2,1-3H3. The molecule has 1 fully saturated rings. The van der Waals surface area contributed by atoms with Gasteiger partial charge in [-0.05, 0) is 56.3 Å². The maximum atomic E-state index is 13.4. The van der Waals surface area contributed by atoms with Gasteiger partial charge in [-0.3, -0.25) is 0 Å². The third-order valence-electron chi connectivity index (χ3n) is 4.65. The number of halogens is 1.